The Bertz CT molecular complexity index is 582. The molecule has 2 heterocycles. The normalized spacial score (nSPS) is 27.3. The van der Waals surface area contributed by atoms with Crippen molar-refractivity contribution in [2.75, 3.05) is 7.05 Å². The summed E-state index contributed by atoms with van der Waals surface area (Å²) in [5.41, 5.74) is 0.671. The summed E-state index contributed by atoms with van der Waals surface area (Å²) in [7, 11) is -2.53. The summed E-state index contributed by atoms with van der Waals surface area (Å²) < 4.78 is 28.7. The van der Waals surface area contributed by atoms with Gasteiger partial charge in [0.1, 0.15) is 6.04 Å². The van der Waals surface area contributed by atoms with Crippen LogP contribution in [0.2, 0.25) is 0 Å². The third kappa shape index (κ3) is 2.62. The molecule has 1 aliphatic rings. The van der Waals surface area contributed by atoms with Gasteiger partial charge in [0.15, 0.2) is 0 Å². The van der Waals surface area contributed by atoms with Gasteiger partial charge >= 0.3 is 5.97 Å². The van der Waals surface area contributed by atoms with E-state index in [-0.39, 0.29) is 6.42 Å². The molecule has 0 bridgehead atoms. The van der Waals surface area contributed by atoms with Crippen molar-refractivity contribution in [1.29, 1.82) is 0 Å². The molecule has 2 atom stereocenters. The summed E-state index contributed by atoms with van der Waals surface area (Å²) in [6, 6.07) is -1.64. The van der Waals surface area contributed by atoms with Crippen LogP contribution in [0.3, 0.4) is 0 Å². The fraction of sp³-hybridized carbons (Fsp3) is 0.600. The van der Waals surface area contributed by atoms with E-state index in [0.29, 0.717) is 12.1 Å². The van der Waals surface area contributed by atoms with Crippen molar-refractivity contribution in [1.82, 2.24) is 18.8 Å². The number of carboxylic acids is 1. The highest BCUT2D eigenvalue weighted by atomic mass is 32.2. The molecule has 0 aromatic carbocycles. The number of carbonyl (C=O) groups is 1. The van der Waals surface area contributed by atoms with Crippen molar-refractivity contribution >= 4 is 16.2 Å². The van der Waals surface area contributed by atoms with Gasteiger partial charge in [-0.3, -0.25) is 9.48 Å². The SMILES string of the molecule is CCn1cc([C@H]2C[C@H](C(=O)O)N(C)S(=O)(=O)N2)cn1. The number of aliphatic carboxylic acids is 1. The molecule has 0 spiro atoms. The molecule has 106 valence electrons. The monoisotopic (exact) mass is 288 g/mol. The van der Waals surface area contributed by atoms with Crippen LogP contribution >= 0.6 is 0 Å². The zero-order chi connectivity index (χ0) is 14.2. The molecule has 2 N–H and O–H groups in total. The van der Waals surface area contributed by atoms with Crippen LogP contribution in [0.1, 0.15) is 24.9 Å². The summed E-state index contributed by atoms with van der Waals surface area (Å²) in [5.74, 6) is -1.15. The summed E-state index contributed by atoms with van der Waals surface area (Å²) in [6.07, 6.45) is 3.44. The van der Waals surface area contributed by atoms with Crippen molar-refractivity contribution in [3.63, 3.8) is 0 Å². The maximum absolute atomic E-state index is 11.9. The Morgan fingerprint density at radius 2 is 2.32 bits per heavy atom. The van der Waals surface area contributed by atoms with Crippen molar-refractivity contribution in [3.05, 3.63) is 18.0 Å². The van der Waals surface area contributed by atoms with Crippen molar-refractivity contribution in [3.8, 4) is 0 Å². The Balaban J connectivity index is 2.30. The first-order valence-corrected chi connectivity index (χ1v) is 7.29. The average Bonchev–Trinajstić information content (AvgIpc) is 2.80. The van der Waals surface area contributed by atoms with E-state index in [2.05, 4.69) is 9.82 Å². The van der Waals surface area contributed by atoms with Gasteiger partial charge in [0, 0.05) is 25.4 Å². The molecule has 2 rings (SSSR count). The average molecular weight is 288 g/mol. The fourth-order valence-electron chi connectivity index (χ4n) is 2.04. The van der Waals surface area contributed by atoms with E-state index in [9.17, 15) is 13.2 Å². The Hall–Kier alpha value is -1.45. The number of nitrogens with one attached hydrogen (secondary N) is 1. The smallest absolute Gasteiger partial charge is 0.322 e. The molecule has 1 aromatic heterocycles. The van der Waals surface area contributed by atoms with Crippen LogP contribution < -0.4 is 4.72 Å². The molecule has 19 heavy (non-hydrogen) atoms. The van der Waals surface area contributed by atoms with Crippen molar-refractivity contribution < 1.29 is 18.3 Å². The first-order valence-electron chi connectivity index (χ1n) is 5.85. The number of hydrogen-bond acceptors (Lipinski definition) is 4. The second kappa shape index (κ2) is 4.91. The molecular weight excluding hydrogens is 272 g/mol. The molecule has 0 radical (unpaired) electrons. The van der Waals surface area contributed by atoms with Crippen LogP contribution in [-0.4, -0.2) is 46.7 Å². The van der Waals surface area contributed by atoms with Gasteiger partial charge in [0.05, 0.1) is 12.2 Å². The van der Waals surface area contributed by atoms with Gasteiger partial charge in [-0.25, -0.2) is 0 Å². The maximum atomic E-state index is 11.9. The molecule has 0 amide bonds. The molecule has 0 saturated carbocycles. The zero-order valence-corrected chi connectivity index (χ0v) is 11.5. The van der Waals surface area contributed by atoms with E-state index in [0.717, 1.165) is 4.31 Å². The lowest BCUT2D eigenvalue weighted by Gasteiger charge is -2.34. The topological polar surface area (TPSA) is 105 Å². The minimum Gasteiger partial charge on any atom is -0.480 e. The summed E-state index contributed by atoms with van der Waals surface area (Å²) in [6.45, 7) is 2.58. The van der Waals surface area contributed by atoms with E-state index in [1.807, 2.05) is 6.92 Å². The fourth-order valence-corrected chi connectivity index (χ4v) is 3.31. The van der Waals surface area contributed by atoms with Crippen LogP contribution in [0.5, 0.6) is 0 Å². The number of likely N-dealkylation sites (N-methyl/N-ethyl adjacent to an activating group) is 1. The van der Waals surface area contributed by atoms with E-state index < -0.39 is 28.3 Å². The zero-order valence-electron chi connectivity index (χ0n) is 10.6. The van der Waals surface area contributed by atoms with E-state index in [4.69, 9.17) is 5.11 Å². The minimum absolute atomic E-state index is 0.167. The van der Waals surface area contributed by atoms with Crippen LogP contribution in [0.15, 0.2) is 12.4 Å². The first-order chi connectivity index (χ1) is 8.85. The molecule has 0 unspecified atom stereocenters. The lowest BCUT2D eigenvalue weighted by Crippen LogP contribution is -2.54. The number of carboxylic acid groups (broad SMARTS) is 1. The van der Waals surface area contributed by atoms with Gasteiger partial charge in [-0.2, -0.15) is 22.5 Å². The van der Waals surface area contributed by atoms with Gasteiger partial charge in [-0.1, -0.05) is 0 Å². The van der Waals surface area contributed by atoms with Gasteiger partial charge in [-0.15, -0.1) is 0 Å². The second-order valence-corrected chi connectivity index (χ2v) is 6.17. The molecule has 1 aliphatic heterocycles. The van der Waals surface area contributed by atoms with Crippen LogP contribution in [0, 0.1) is 0 Å². The molecule has 1 saturated heterocycles. The molecule has 1 fully saturated rings. The van der Waals surface area contributed by atoms with Gasteiger partial charge in [-0.05, 0) is 13.3 Å². The van der Waals surface area contributed by atoms with Crippen LogP contribution in [0.25, 0.3) is 0 Å². The Morgan fingerprint density at radius 3 is 2.84 bits per heavy atom. The summed E-state index contributed by atoms with van der Waals surface area (Å²) >= 11 is 0. The number of aromatic nitrogens is 2. The Morgan fingerprint density at radius 1 is 1.63 bits per heavy atom. The highest BCUT2D eigenvalue weighted by Crippen LogP contribution is 2.27. The molecule has 8 nitrogen and oxygen atoms in total. The van der Waals surface area contributed by atoms with E-state index in [1.165, 1.54) is 7.05 Å². The third-order valence-corrected chi connectivity index (χ3v) is 4.83. The molecule has 1 aromatic rings. The highest BCUT2D eigenvalue weighted by Gasteiger charge is 2.40. The Labute approximate surface area is 111 Å². The molecule has 0 aliphatic carbocycles. The largest absolute Gasteiger partial charge is 0.480 e. The second-order valence-electron chi connectivity index (χ2n) is 4.41. The standard InChI is InChI=1S/C10H16N4O4S/c1-3-14-6-7(5-11-14)8-4-9(10(15)16)13(2)19(17,18)12-8/h5-6,8-9,12H,3-4H2,1-2H3,(H,15,16)/t8-,9-/m1/s1. The van der Waals surface area contributed by atoms with E-state index >= 15 is 0 Å². The lowest BCUT2D eigenvalue weighted by atomic mass is 10.0. The highest BCUT2D eigenvalue weighted by molar-refractivity contribution is 7.87. The maximum Gasteiger partial charge on any atom is 0.322 e. The van der Waals surface area contributed by atoms with Gasteiger partial charge in [0.25, 0.3) is 10.2 Å². The predicted octanol–water partition coefficient (Wildman–Crippen LogP) is -0.433. The minimum atomic E-state index is -3.78. The molecular formula is C10H16N4O4S. The van der Waals surface area contributed by atoms with Crippen LogP contribution in [-0.2, 0) is 21.5 Å². The Kier molecular flexibility index (Phi) is 3.61. The summed E-state index contributed by atoms with van der Waals surface area (Å²) in [4.78, 5) is 11.1. The first kappa shape index (κ1) is 14.0. The van der Waals surface area contributed by atoms with Crippen molar-refractivity contribution in [2.45, 2.75) is 32.0 Å². The number of nitrogens with zero attached hydrogens (tertiary/aromatic N) is 3. The van der Waals surface area contributed by atoms with Crippen LogP contribution in [0.4, 0.5) is 0 Å². The molecule has 9 heteroatoms. The third-order valence-electron chi connectivity index (χ3n) is 3.23. The number of aryl methyl sites for hydroxylation is 1. The van der Waals surface area contributed by atoms with Crippen molar-refractivity contribution in [2.24, 2.45) is 0 Å². The van der Waals surface area contributed by atoms with Gasteiger partial charge < -0.3 is 5.11 Å². The quantitative estimate of drug-likeness (QED) is 0.785. The van der Waals surface area contributed by atoms with Gasteiger partial charge in [0.2, 0.25) is 0 Å². The predicted molar refractivity (Wildman–Crippen MR) is 66.5 cm³/mol. The van der Waals surface area contributed by atoms with E-state index in [1.54, 1.807) is 17.1 Å². The number of rotatable bonds is 3. The summed E-state index contributed by atoms with van der Waals surface area (Å²) in [5, 5.41) is 13.2. The number of hydrogen-bond donors (Lipinski definition) is 2. The lowest BCUT2D eigenvalue weighted by molar-refractivity contribution is -0.141.